The Labute approximate surface area is 361 Å². The number of carbonyl (C=O) groups is 1. The molecule has 12 nitrogen and oxygen atoms in total. The molecule has 1 aliphatic heterocycles. The Balaban J connectivity index is 0.00000406. The minimum atomic E-state index is -5.54. The van der Waals surface area contributed by atoms with Gasteiger partial charge in [0.2, 0.25) is 0 Å². The summed E-state index contributed by atoms with van der Waals surface area (Å²) < 4.78 is 93.8. The summed E-state index contributed by atoms with van der Waals surface area (Å²) in [4.78, 5) is 40.2. The molecular weight excluding hydrogens is 789 g/mol. The van der Waals surface area contributed by atoms with Gasteiger partial charge in [-0.3, -0.25) is 0 Å². The Kier molecular flexibility index (Phi) is 18.0. The van der Waals surface area contributed by atoms with Gasteiger partial charge in [0.25, 0.3) is 0 Å². The third-order valence-corrected chi connectivity index (χ3v) is 9.83. The monoisotopic (exact) mass is 818 g/mol. The van der Waals surface area contributed by atoms with Crippen molar-refractivity contribution in [2.45, 2.75) is 42.5 Å². The molecule has 4 aromatic rings. The number of halogens is 4. The number of allylic oxidation sites excluding steroid dienone is 2. The quantitative estimate of drug-likeness (QED) is 0.0498. The van der Waals surface area contributed by atoms with Crippen molar-refractivity contribution in [2.75, 3.05) is 13.2 Å². The number of nitrogens with zero attached hydrogens (tertiary/aromatic N) is 4. The molecule has 0 unspecified atom stereocenters. The third-order valence-electron chi connectivity index (χ3n) is 7.94. The van der Waals surface area contributed by atoms with Crippen LogP contribution in [0.1, 0.15) is 39.5 Å². The molecule has 0 N–H and O–H groups in total. The molecule has 0 saturated carbocycles. The third kappa shape index (κ3) is 12.7. The van der Waals surface area contributed by atoms with Crippen molar-refractivity contribution in [3.63, 3.8) is 0 Å². The van der Waals surface area contributed by atoms with Crippen LogP contribution >= 0.6 is 19.6 Å². The van der Waals surface area contributed by atoms with Crippen molar-refractivity contribution >= 4 is 31.6 Å². The number of esters is 1. The molecule has 0 aliphatic carbocycles. The SMILES string of the molecule is C[C@@H](SC1COC(C=CC=Cc2ccc(C#N)cc2F)OC1)[C@@](Cn1cncn1)(OC(=O)c1c(F)cccc1COP(=O)([O-])[O-])c1ccc(F)cc1F.[Na+].[Na+]. The van der Waals surface area contributed by atoms with Crippen LogP contribution < -0.4 is 68.9 Å². The van der Waals surface area contributed by atoms with Crippen LogP contribution in [0.15, 0.2) is 85.5 Å². The van der Waals surface area contributed by atoms with E-state index in [0.717, 1.165) is 48.2 Å². The summed E-state index contributed by atoms with van der Waals surface area (Å²) in [7, 11) is -5.54. The molecule has 55 heavy (non-hydrogen) atoms. The number of carbonyl (C=O) groups excluding carboxylic acids is 1. The van der Waals surface area contributed by atoms with Gasteiger partial charge in [0.15, 0.2) is 11.9 Å². The zero-order valence-electron chi connectivity index (χ0n) is 29.6. The summed E-state index contributed by atoms with van der Waals surface area (Å²) in [6.07, 6.45) is 7.90. The van der Waals surface area contributed by atoms with E-state index in [4.69, 9.17) is 19.5 Å². The number of hydrogen-bond acceptors (Lipinski definition) is 12. The van der Waals surface area contributed by atoms with Gasteiger partial charge in [-0.15, -0.1) is 11.8 Å². The maximum Gasteiger partial charge on any atom is 1.00 e. The van der Waals surface area contributed by atoms with Gasteiger partial charge in [0.05, 0.1) is 51.1 Å². The summed E-state index contributed by atoms with van der Waals surface area (Å²) >= 11 is 1.16. The predicted molar refractivity (Wildman–Crippen MR) is 178 cm³/mol. The molecule has 1 saturated heterocycles. The van der Waals surface area contributed by atoms with Crippen molar-refractivity contribution in [2.24, 2.45) is 0 Å². The molecule has 1 fully saturated rings. The van der Waals surface area contributed by atoms with E-state index < -0.39 is 78.2 Å². The summed E-state index contributed by atoms with van der Waals surface area (Å²) in [6.45, 7) is 0.379. The molecule has 278 valence electrons. The van der Waals surface area contributed by atoms with Gasteiger partial charge in [0, 0.05) is 22.4 Å². The zero-order chi connectivity index (χ0) is 38.2. The Hall–Kier alpha value is -2.66. The van der Waals surface area contributed by atoms with Gasteiger partial charge in [-0.2, -0.15) is 10.4 Å². The van der Waals surface area contributed by atoms with E-state index in [0.29, 0.717) is 6.07 Å². The Morgan fingerprint density at radius 1 is 1.09 bits per heavy atom. The van der Waals surface area contributed by atoms with Gasteiger partial charge < -0.3 is 33.1 Å². The number of hydrogen-bond donors (Lipinski definition) is 0. The first-order valence-electron chi connectivity index (χ1n) is 15.7. The number of phosphoric acid groups is 1. The minimum Gasteiger partial charge on any atom is -0.790 e. The molecule has 20 heteroatoms. The van der Waals surface area contributed by atoms with Crippen molar-refractivity contribution in [1.82, 2.24) is 14.8 Å². The smallest absolute Gasteiger partial charge is 0.790 e. The van der Waals surface area contributed by atoms with E-state index >= 15 is 8.78 Å². The first kappa shape index (κ1) is 46.7. The summed E-state index contributed by atoms with van der Waals surface area (Å²) in [6, 6.07) is 11.8. The van der Waals surface area contributed by atoms with Crippen LogP contribution in [0.25, 0.3) is 6.08 Å². The van der Waals surface area contributed by atoms with Gasteiger partial charge in [-0.1, -0.05) is 36.4 Å². The maximum atomic E-state index is 15.8. The van der Waals surface area contributed by atoms with E-state index in [9.17, 15) is 27.9 Å². The van der Waals surface area contributed by atoms with Crippen LogP contribution in [0, 0.1) is 34.6 Å². The van der Waals surface area contributed by atoms with Crippen LogP contribution in [0.2, 0.25) is 0 Å². The maximum absolute atomic E-state index is 15.8. The molecule has 0 radical (unpaired) electrons. The molecule has 0 bridgehead atoms. The molecule has 0 amide bonds. The van der Waals surface area contributed by atoms with Crippen LogP contribution in [0.3, 0.4) is 0 Å². The molecule has 3 aromatic carbocycles. The normalized spacial score (nSPS) is 17.5. The standard InChI is InChI=1S/C35H31F4N4O8PS.2Na/c1-22(53-27-17-48-32(49-18-27)8-3-2-5-24-10-9-23(15-40)13-30(24)38)35(19-43-21-41-20-42-43,28-12-11-26(36)14-31(28)39)51-34(44)33-25(6-4-7-29(33)37)16-50-52(45,46)47;;/h2-14,20-22,27,32H,16-19H2,1H3,(H2,45,46,47);;/q;2*+1/p-2/t22-,27?,32?,35-;;/m1../s1. The Morgan fingerprint density at radius 3 is 2.47 bits per heavy atom. The number of thioether (sulfide) groups is 1. The van der Waals surface area contributed by atoms with Gasteiger partial charge in [0.1, 0.15) is 41.5 Å². The number of aromatic nitrogens is 3. The number of benzene rings is 3. The average Bonchev–Trinajstić information content (AvgIpc) is 3.62. The van der Waals surface area contributed by atoms with E-state index in [1.54, 1.807) is 25.2 Å². The van der Waals surface area contributed by atoms with E-state index in [-0.39, 0.29) is 94.6 Å². The second-order valence-corrected chi connectivity index (χ2v) is 14.3. The van der Waals surface area contributed by atoms with Crippen molar-refractivity contribution < 1.29 is 115 Å². The van der Waals surface area contributed by atoms with Crippen molar-refractivity contribution in [3.05, 3.63) is 137 Å². The molecule has 1 aromatic heterocycles. The number of rotatable bonds is 14. The average molecular weight is 819 g/mol. The van der Waals surface area contributed by atoms with Crippen LogP contribution in [-0.2, 0) is 42.1 Å². The van der Waals surface area contributed by atoms with Gasteiger partial charge >= 0.3 is 65.1 Å². The fourth-order valence-corrected chi connectivity index (χ4v) is 7.07. The number of phosphoric ester groups is 1. The van der Waals surface area contributed by atoms with E-state index in [1.807, 2.05) is 6.07 Å². The fraction of sp³-hybridized carbons (Fsp3) is 0.257. The molecule has 2 atom stereocenters. The predicted octanol–water partition coefficient (Wildman–Crippen LogP) is -1.06. The number of nitriles is 1. The largest absolute Gasteiger partial charge is 1.00 e. The molecule has 5 rings (SSSR count). The minimum absolute atomic E-state index is 0. The second kappa shape index (κ2) is 21.2. The van der Waals surface area contributed by atoms with Crippen LogP contribution in [0.4, 0.5) is 17.6 Å². The molecule has 1 aliphatic rings. The summed E-state index contributed by atoms with van der Waals surface area (Å²) in [5.41, 5.74) is -3.03. The van der Waals surface area contributed by atoms with E-state index in [2.05, 4.69) is 14.6 Å². The summed E-state index contributed by atoms with van der Waals surface area (Å²) in [5, 5.41) is 11.6. The second-order valence-electron chi connectivity index (χ2n) is 11.5. The fourth-order valence-electron chi connectivity index (χ4n) is 5.41. The number of ether oxygens (including phenoxy) is 3. The van der Waals surface area contributed by atoms with Crippen LogP contribution in [0.5, 0.6) is 0 Å². The van der Waals surface area contributed by atoms with Crippen molar-refractivity contribution in [3.8, 4) is 6.07 Å². The first-order chi connectivity index (χ1) is 25.3. The zero-order valence-corrected chi connectivity index (χ0v) is 35.4. The Morgan fingerprint density at radius 2 is 1.84 bits per heavy atom. The van der Waals surface area contributed by atoms with Gasteiger partial charge in [-0.05, 0) is 48.9 Å². The first-order valence-corrected chi connectivity index (χ1v) is 18.1. The Bertz CT molecular complexity index is 2080. The molecule has 2 heterocycles. The van der Waals surface area contributed by atoms with E-state index in [1.165, 1.54) is 35.5 Å². The van der Waals surface area contributed by atoms with Crippen molar-refractivity contribution in [1.29, 1.82) is 5.26 Å². The van der Waals surface area contributed by atoms with Gasteiger partial charge in [-0.25, -0.2) is 32.0 Å². The topological polar surface area (TPSA) is 172 Å². The molecule has 0 spiro atoms. The summed E-state index contributed by atoms with van der Waals surface area (Å²) in [5.74, 6) is -5.11. The van der Waals surface area contributed by atoms with Crippen LogP contribution in [-0.4, -0.2) is 50.7 Å². The molecular formula is C35H29F4N4Na2O8PS.